The highest BCUT2D eigenvalue weighted by molar-refractivity contribution is 7.21. The fourth-order valence-electron chi connectivity index (χ4n) is 3.92. The first-order valence-electron chi connectivity index (χ1n) is 10.4. The molecule has 33 heavy (non-hydrogen) atoms. The molecule has 0 spiro atoms. The summed E-state index contributed by atoms with van der Waals surface area (Å²) in [6.45, 7) is 1.04. The number of anilines is 1. The van der Waals surface area contributed by atoms with Crippen molar-refractivity contribution in [1.29, 1.82) is 0 Å². The number of fused-ring (bicyclic) bond motifs is 1. The van der Waals surface area contributed by atoms with Gasteiger partial charge in [-0.3, -0.25) is 9.59 Å². The number of hydrogen-bond acceptors (Lipinski definition) is 6. The predicted octanol–water partition coefficient (Wildman–Crippen LogP) is 3.61. The second-order valence-corrected chi connectivity index (χ2v) is 8.70. The minimum Gasteiger partial charge on any atom is -0.350 e. The van der Waals surface area contributed by atoms with Gasteiger partial charge in [-0.2, -0.15) is 0 Å². The third-order valence-corrected chi connectivity index (χ3v) is 6.54. The molecule has 3 heterocycles. The van der Waals surface area contributed by atoms with Crippen LogP contribution < -0.4 is 15.8 Å². The molecule has 0 bridgehead atoms. The second-order valence-electron chi connectivity index (χ2n) is 7.74. The summed E-state index contributed by atoms with van der Waals surface area (Å²) in [5, 5.41) is 3.46. The zero-order chi connectivity index (χ0) is 22.9. The van der Waals surface area contributed by atoms with E-state index in [1.54, 1.807) is 0 Å². The molecule has 4 aromatic rings. The first-order chi connectivity index (χ1) is 16.0. The number of nitrogens with zero attached hydrogens (tertiary/aromatic N) is 3. The molecule has 5 rings (SSSR count). The maximum Gasteiger partial charge on any atom is 0.278 e. The Labute approximate surface area is 191 Å². The molecule has 2 aromatic carbocycles. The lowest BCUT2D eigenvalue weighted by atomic mass is 10.2. The first-order valence-corrected chi connectivity index (χ1v) is 11.3. The summed E-state index contributed by atoms with van der Waals surface area (Å²) in [6.07, 6.45) is 1.48. The van der Waals surface area contributed by atoms with Gasteiger partial charge in [-0.1, -0.05) is 41.7 Å². The van der Waals surface area contributed by atoms with Gasteiger partial charge >= 0.3 is 0 Å². The molecule has 168 valence electrons. The third kappa shape index (κ3) is 4.21. The van der Waals surface area contributed by atoms with Gasteiger partial charge in [-0.15, -0.1) is 0 Å². The predicted molar refractivity (Wildman–Crippen MR) is 122 cm³/mol. The Bertz CT molecular complexity index is 1390. The van der Waals surface area contributed by atoms with Crippen molar-refractivity contribution in [3.8, 4) is 11.4 Å². The van der Waals surface area contributed by atoms with Gasteiger partial charge in [-0.25, -0.2) is 18.7 Å². The Kier molecular flexibility index (Phi) is 5.59. The summed E-state index contributed by atoms with van der Waals surface area (Å²) in [5.74, 6) is -1.52. The van der Waals surface area contributed by atoms with Crippen LogP contribution >= 0.6 is 11.3 Å². The van der Waals surface area contributed by atoms with E-state index in [4.69, 9.17) is 0 Å². The molecular formula is C23H19F2N5O2S. The van der Waals surface area contributed by atoms with Crippen molar-refractivity contribution >= 4 is 32.7 Å². The summed E-state index contributed by atoms with van der Waals surface area (Å²) in [7, 11) is 0. The van der Waals surface area contributed by atoms with Gasteiger partial charge in [0, 0.05) is 13.1 Å². The van der Waals surface area contributed by atoms with Gasteiger partial charge in [0.1, 0.15) is 23.5 Å². The number of rotatable bonds is 5. The van der Waals surface area contributed by atoms with Crippen LogP contribution in [0.3, 0.4) is 0 Å². The van der Waals surface area contributed by atoms with Crippen LogP contribution in [0.2, 0.25) is 0 Å². The van der Waals surface area contributed by atoms with E-state index in [2.05, 4.69) is 20.3 Å². The fourth-order valence-corrected chi connectivity index (χ4v) is 4.94. The third-order valence-electron chi connectivity index (χ3n) is 5.55. The number of amides is 1. The van der Waals surface area contributed by atoms with Crippen molar-refractivity contribution in [3.05, 3.63) is 76.1 Å². The van der Waals surface area contributed by atoms with Gasteiger partial charge in [0.15, 0.2) is 15.5 Å². The topological polar surface area (TPSA) is 91.0 Å². The molecule has 2 aromatic heterocycles. The Morgan fingerprint density at radius 2 is 2.00 bits per heavy atom. The van der Waals surface area contributed by atoms with E-state index in [1.165, 1.54) is 0 Å². The zero-order valence-corrected chi connectivity index (χ0v) is 18.2. The summed E-state index contributed by atoms with van der Waals surface area (Å²) >= 11 is 1.15. The zero-order valence-electron chi connectivity index (χ0n) is 17.3. The molecule has 2 N–H and O–H groups in total. The molecule has 0 aliphatic carbocycles. The molecule has 0 saturated carbocycles. The van der Waals surface area contributed by atoms with Crippen LogP contribution in [-0.4, -0.2) is 33.4 Å². The molecule has 1 saturated heterocycles. The molecule has 1 fully saturated rings. The van der Waals surface area contributed by atoms with E-state index < -0.39 is 23.2 Å². The largest absolute Gasteiger partial charge is 0.350 e. The number of aromatic nitrogens is 3. The maximum atomic E-state index is 14.2. The van der Waals surface area contributed by atoms with Crippen LogP contribution in [0.1, 0.15) is 18.4 Å². The molecule has 1 unspecified atom stereocenters. The highest BCUT2D eigenvalue weighted by atomic mass is 32.1. The molecule has 0 radical (unpaired) electrons. The minimum atomic E-state index is -0.696. The standard InChI is InChI=1S/C23H19F2N5O2S/c24-14-8-9-16(25)15(11-14)19-28-21(32)18-22(29-19)33-23(27-18)30-10-4-7-17(30)20(31)26-12-13-5-2-1-3-6-13/h1-3,5-6,8-9,11,17H,4,7,10,12H2,(H,26,31)(H,28,29,32). The van der Waals surface area contributed by atoms with Gasteiger partial charge in [0.2, 0.25) is 5.91 Å². The fraction of sp³-hybridized carbons (Fsp3) is 0.217. The summed E-state index contributed by atoms with van der Waals surface area (Å²) in [6, 6.07) is 12.2. The average molecular weight is 468 g/mol. The maximum absolute atomic E-state index is 14.2. The number of hydrogen-bond donors (Lipinski definition) is 2. The van der Waals surface area contributed by atoms with Gasteiger partial charge in [0.25, 0.3) is 5.56 Å². The normalized spacial score (nSPS) is 15.8. The number of carbonyl (C=O) groups excluding carboxylic acids is 1. The van der Waals surface area contributed by atoms with E-state index >= 15 is 0 Å². The molecule has 7 nitrogen and oxygen atoms in total. The monoisotopic (exact) mass is 467 g/mol. The van der Waals surface area contributed by atoms with Gasteiger partial charge in [0.05, 0.1) is 5.56 Å². The average Bonchev–Trinajstić information content (AvgIpc) is 3.47. The van der Waals surface area contributed by atoms with E-state index in [0.717, 1.165) is 41.5 Å². The number of halogens is 2. The van der Waals surface area contributed by atoms with E-state index in [0.29, 0.717) is 29.5 Å². The van der Waals surface area contributed by atoms with Crippen LogP contribution in [-0.2, 0) is 11.3 Å². The number of carbonyl (C=O) groups is 1. The van der Waals surface area contributed by atoms with E-state index in [9.17, 15) is 18.4 Å². The summed E-state index contributed by atoms with van der Waals surface area (Å²) < 4.78 is 27.8. The van der Waals surface area contributed by atoms with Crippen molar-refractivity contribution in [3.63, 3.8) is 0 Å². The number of thiazole rings is 1. The second kappa shape index (κ2) is 8.70. The lowest BCUT2D eigenvalue weighted by molar-refractivity contribution is -0.122. The smallest absolute Gasteiger partial charge is 0.278 e. The summed E-state index contributed by atoms with van der Waals surface area (Å²) in [4.78, 5) is 38.8. The number of aromatic amines is 1. The van der Waals surface area contributed by atoms with E-state index in [1.807, 2.05) is 35.2 Å². The van der Waals surface area contributed by atoms with Crippen molar-refractivity contribution in [2.24, 2.45) is 0 Å². The molecular weight excluding hydrogens is 448 g/mol. The Hall–Kier alpha value is -3.66. The number of H-pyrrole nitrogens is 1. The highest BCUT2D eigenvalue weighted by Crippen LogP contribution is 2.32. The first kappa shape index (κ1) is 21.2. The van der Waals surface area contributed by atoms with Crippen LogP contribution in [0.15, 0.2) is 53.3 Å². The molecule has 1 aliphatic heterocycles. The lowest BCUT2D eigenvalue weighted by Gasteiger charge is -2.23. The van der Waals surface area contributed by atoms with Crippen molar-refractivity contribution < 1.29 is 13.6 Å². The van der Waals surface area contributed by atoms with Crippen LogP contribution in [0, 0.1) is 11.6 Å². The molecule has 1 atom stereocenters. The van der Waals surface area contributed by atoms with Crippen LogP contribution in [0.5, 0.6) is 0 Å². The minimum absolute atomic E-state index is 0.0710. The van der Waals surface area contributed by atoms with E-state index in [-0.39, 0.29) is 22.8 Å². The summed E-state index contributed by atoms with van der Waals surface area (Å²) in [5.41, 5.74) is 0.419. The van der Waals surface area contributed by atoms with Crippen molar-refractivity contribution in [2.45, 2.75) is 25.4 Å². The molecule has 10 heteroatoms. The Balaban J connectivity index is 1.42. The Morgan fingerprint density at radius 1 is 1.18 bits per heavy atom. The molecule has 1 amide bonds. The lowest BCUT2D eigenvalue weighted by Crippen LogP contribution is -2.43. The van der Waals surface area contributed by atoms with Gasteiger partial charge in [-0.05, 0) is 36.6 Å². The van der Waals surface area contributed by atoms with Crippen molar-refractivity contribution in [2.75, 3.05) is 11.4 Å². The van der Waals surface area contributed by atoms with Crippen LogP contribution in [0.4, 0.5) is 13.9 Å². The Morgan fingerprint density at radius 3 is 2.82 bits per heavy atom. The quantitative estimate of drug-likeness (QED) is 0.468. The molecule has 1 aliphatic rings. The van der Waals surface area contributed by atoms with Crippen LogP contribution in [0.25, 0.3) is 21.7 Å². The number of benzene rings is 2. The SMILES string of the molecule is O=C(NCc1ccccc1)C1CCCN1c1nc2c(=O)[nH]c(-c3cc(F)ccc3F)nc2s1. The van der Waals surface area contributed by atoms with Gasteiger partial charge < -0.3 is 15.2 Å². The number of nitrogens with one attached hydrogen (secondary N) is 2. The van der Waals surface area contributed by atoms with Crippen molar-refractivity contribution in [1.82, 2.24) is 20.3 Å². The highest BCUT2D eigenvalue weighted by Gasteiger charge is 2.33.